The molecule has 0 bridgehead atoms. The Bertz CT molecular complexity index is 1210. The number of rotatable bonds is 5. The van der Waals surface area contributed by atoms with Gasteiger partial charge in [0.15, 0.2) is 0 Å². The van der Waals surface area contributed by atoms with Crippen molar-refractivity contribution in [2.75, 3.05) is 25.5 Å². The number of fused-ring (bicyclic) bond motifs is 1. The molecule has 3 aromatic carbocycles. The van der Waals surface area contributed by atoms with E-state index in [2.05, 4.69) is 5.32 Å². The molecule has 6 nitrogen and oxygen atoms in total. The number of nitrogens with one attached hydrogen (secondary N) is 1. The first-order chi connectivity index (χ1) is 14.9. The molecule has 0 radical (unpaired) electrons. The van der Waals surface area contributed by atoms with Crippen LogP contribution >= 0.6 is 11.6 Å². The van der Waals surface area contributed by atoms with Gasteiger partial charge in [-0.15, -0.1) is 0 Å². The van der Waals surface area contributed by atoms with E-state index in [1.54, 1.807) is 19.2 Å². The van der Waals surface area contributed by atoms with E-state index in [0.29, 0.717) is 30.1 Å². The van der Waals surface area contributed by atoms with Crippen molar-refractivity contribution in [1.82, 2.24) is 4.31 Å². The Morgan fingerprint density at radius 3 is 2.48 bits per heavy atom. The number of ether oxygens (including phenoxy) is 1. The van der Waals surface area contributed by atoms with Gasteiger partial charge >= 0.3 is 0 Å². The molecule has 0 saturated carbocycles. The maximum Gasteiger partial charge on any atom is 0.243 e. The molecule has 1 aliphatic rings. The van der Waals surface area contributed by atoms with E-state index in [0.717, 1.165) is 16.5 Å². The SMILES string of the molecule is COc1ccc(NC(=O)C2CCCN(S(=O)(=O)c3ccc(Cl)cc3)C2)c2ccccc12. The number of benzene rings is 3. The lowest BCUT2D eigenvalue weighted by atomic mass is 9.98. The summed E-state index contributed by atoms with van der Waals surface area (Å²) in [5.41, 5.74) is 0.680. The summed E-state index contributed by atoms with van der Waals surface area (Å²) in [6.07, 6.45) is 1.25. The van der Waals surface area contributed by atoms with Crippen LogP contribution in [0.4, 0.5) is 5.69 Å². The Kier molecular flexibility index (Phi) is 6.18. The molecule has 0 aromatic heterocycles. The van der Waals surface area contributed by atoms with Gasteiger partial charge < -0.3 is 10.1 Å². The second kappa shape index (κ2) is 8.86. The minimum Gasteiger partial charge on any atom is -0.496 e. The molecule has 162 valence electrons. The average Bonchev–Trinajstić information content (AvgIpc) is 2.79. The second-order valence-electron chi connectivity index (χ2n) is 7.51. The first-order valence-electron chi connectivity index (χ1n) is 10.0. The molecule has 1 N–H and O–H groups in total. The molecule has 3 aromatic rings. The van der Waals surface area contributed by atoms with Crippen LogP contribution in [0.5, 0.6) is 5.75 Å². The quantitative estimate of drug-likeness (QED) is 0.609. The summed E-state index contributed by atoms with van der Waals surface area (Å²) in [5, 5.41) is 5.24. The highest BCUT2D eigenvalue weighted by Gasteiger charge is 2.33. The van der Waals surface area contributed by atoms with Gasteiger partial charge in [-0.05, 0) is 49.2 Å². The standard InChI is InChI=1S/C23H23ClN2O4S/c1-30-22-13-12-21(19-6-2-3-7-20(19)22)25-23(27)16-5-4-14-26(15-16)31(28,29)18-10-8-17(24)9-11-18/h2-3,6-13,16H,4-5,14-15H2,1H3,(H,25,27). The Labute approximate surface area is 186 Å². The van der Waals surface area contributed by atoms with Crippen molar-refractivity contribution in [2.24, 2.45) is 5.92 Å². The van der Waals surface area contributed by atoms with Crippen LogP contribution in [0.15, 0.2) is 65.6 Å². The molecule has 31 heavy (non-hydrogen) atoms. The Hall–Kier alpha value is -2.61. The van der Waals surface area contributed by atoms with Gasteiger partial charge in [0.2, 0.25) is 15.9 Å². The van der Waals surface area contributed by atoms with Crippen molar-refractivity contribution in [2.45, 2.75) is 17.7 Å². The summed E-state index contributed by atoms with van der Waals surface area (Å²) in [6, 6.07) is 17.4. The molecule has 0 aliphatic carbocycles. The number of anilines is 1. The molecule has 1 saturated heterocycles. The number of hydrogen-bond donors (Lipinski definition) is 1. The van der Waals surface area contributed by atoms with Gasteiger partial charge in [0, 0.05) is 34.6 Å². The van der Waals surface area contributed by atoms with Gasteiger partial charge in [-0.25, -0.2) is 8.42 Å². The number of amides is 1. The van der Waals surface area contributed by atoms with Gasteiger partial charge in [-0.1, -0.05) is 35.9 Å². The first-order valence-corrected chi connectivity index (χ1v) is 11.8. The lowest BCUT2D eigenvalue weighted by molar-refractivity contribution is -0.120. The van der Waals surface area contributed by atoms with Gasteiger partial charge in [-0.3, -0.25) is 4.79 Å². The molecular formula is C23H23ClN2O4S. The van der Waals surface area contributed by atoms with E-state index in [1.165, 1.54) is 16.4 Å². The van der Waals surface area contributed by atoms with Crippen molar-refractivity contribution in [3.05, 3.63) is 65.7 Å². The van der Waals surface area contributed by atoms with E-state index in [-0.39, 0.29) is 17.3 Å². The zero-order valence-corrected chi connectivity index (χ0v) is 18.6. The smallest absolute Gasteiger partial charge is 0.243 e. The number of halogens is 1. The van der Waals surface area contributed by atoms with Crippen molar-refractivity contribution >= 4 is 44.0 Å². The highest BCUT2D eigenvalue weighted by molar-refractivity contribution is 7.89. The average molecular weight is 459 g/mol. The molecule has 4 rings (SSSR count). The number of carbonyl (C=O) groups excluding carboxylic acids is 1. The maximum absolute atomic E-state index is 13.0. The highest BCUT2D eigenvalue weighted by atomic mass is 35.5. The second-order valence-corrected chi connectivity index (χ2v) is 9.88. The molecule has 1 unspecified atom stereocenters. The summed E-state index contributed by atoms with van der Waals surface area (Å²) in [6.45, 7) is 0.533. The molecule has 1 amide bonds. The number of methoxy groups -OCH3 is 1. The van der Waals surface area contributed by atoms with E-state index in [1.807, 2.05) is 36.4 Å². The van der Waals surface area contributed by atoms with Gasteiger partial charge in [-0.2, -0.15) is 4.31 Å². The van der Waals surface area contributed by atoms with Crippen LogP contribution < -0.4 is 10.1 Å². The molecule has 1 heterocycles. The van der Waals surface area contributed by atoms with Gasteiger partial charge in [0.25, 0.3) is 0 Å². The predicted molar refractivity (Wildman–Crippen MR) is 122 cm³/mol. The van der Waals surface area contributed by atoms with Crippen molar-refractivity contribution in [1.29, 1.82) is 0 Å². The minimum absolute atomic E-state index is 0.144. The van der Waals surface area contributed by atoms with Crippen molar-refractivity contribution < 1.29 is 17.9 Å². The number of piperidine rings is 1. The highest BCUT2D eigenvalue weighted by Crippen LogP contribution is 2.32. The van der Waals surface area contributed by atoms with E-state index >= 15 is 0 Å². The van der Waals surface area contributed by atoms with E-state index in [4.69, 9.17) is 16.3 Å². The third kappa shape index (κ3) is 4.39. The molecule has 1 fully saturated rings. The van der Waals surface area contributed by atoms with Crippen LogP contribution in [0.25, 0.3) is 10.8 Å². The first kappa shape index (κ1) is 21.6. The summed E-state index contributed by atoms with van der Waals surface area (Å²) in [7, 11) is -2.07. The van der Waals surface area contributed by atoms with Crippen LogP contribution in [0.1, 0.15) is 12.8 Å². The Balaban J connectivity index is 1.54. The monoisotopic (exact) mass is 458 g/mol. The van der Waals surface area contributed by atoms with Crippen LogP contribution in [0.3, 0.4) is 0 Å². The topological polar surface area (TPSA) is 75.7 Å². The van der Waals surface area contributed by atoms with Gasteiger partial charge in [0.05, 0.1) is 17.9 Å². The fourth-order valence-electron chi connectivity index (χ4n) is 3.92. The molecule has 8 heteroatoms. The largest absolute Gasteiger partial charge is 0.496 e. The lowest BCUT2D eigenvalue weighted by Crippen LogP contribution is -2.43. The van der Waals surface area contributed by atoms with Crippen LogP contribution in [-0.2, 0) is 14.8 Å². The molecule has 1 aliphatic heterocycles. The van der Waals surface area contributed by atoms with Crippen LogP contribution in [0, 0.1) is 5.92 Å². The van der Waals surface area contributed by atoms with Crippen molar-refractivity contribution in [3.8, 4) is 5.75 Å². The normalized spacial score (nSPS) is 17.4. The van der Waals surface area contributed by atoms with Crippen molar-refractivity contribution in [3.63, 3.8) is 0 Å². The lowest BCUT2D eigenvalue weighted by Gasteiger charge is -2.31. The molecule has 0 spiro atoms. The number of hydrogen-bond acceptors (Lipinski definition) is 4. The van der Waals surface area contributed by atoms with Crippen LogP contribution in [-0.4, -0.2) is 38.8 Å². The fourth-order valence-corrected chi connectivity index (χ4v) is 5.57. The van der Waals surface area contributed by atoms with E-state index < -0.39 is 15.9 Å². The number of nitrogens with zero attached hydrogens (tertiary/aromatic N) is 1. The summed E-state index contributed by atoms with van der Waals surface area (Å²) >= 11 is 5.88. The molecule has 1 atom stereocenters. The van der Waals surface area contributed by atoms with E-state index in [9.17, 15) is 13.2 Å². The zero-order chi connectivity index (χ0) is 22.0. The van der Waals surface area contributed by atoms with Crippen LogP contribution in [0.2, 0.25) is 5.02 Å². The zero-order valence-electron chi connectivity index (χ0n) is 17.0. The van der Waals surface area contributed by atoms with Gasteiger partial charge in [0.1, 0.15) is 5.75 Å². The Morgan fingerprint density at radius 2 is 1.77 bits per heavy atom. The summed E-state index contributed by atoms with van der Waals surface area (Å²) < 4.78 is 32.8. The predicted octanol–water partition coefficient (Wildman–Crippen LogP) is 4.54. The maximum atomic E-state index is 13.0. The number of carbonyl (C=O) groups is 1. The Morgan fingerprint density at radius 1 is 1.06 bits per heavy atom. The summed E-state index contributed by atoms with van der Waals surface area (Å²) in [5.74, 6) is 0.106. The fraction of sp³-hybridized carbons (Fsp3) is 0.261. The third-order valence-electron chi connectivity index (χ3n) is 5.57. The number of sulfonamides is 1. The molecular weight excluding hydrogens is 436 g/mol. The minimum atomic E-state index is -3.68. The summed E-state index contributed by atoms with van der Waals surface area (Å²) in [4.78, 5) is 13.2. The third-order valence-corrected chi connectivity index (χ3v) is 7.70.